The number of nitrogens with one attached hydrogen (secondary N) is 3. The van der Waals surface area contributed by atoms with Gasteiger partial charge in [0.15, 0.2) is 0 Å². The summed E-state index contributed by atoms with van der Waals surface area (Å²) >= 11 is 1.42. The molecule has 1 saturated heterocycles. The Bertz CT molecular complexity index is 1910. The zero-order valence-corrected chi connectivity index (χ0v) is 25.2. The van der Waals surface area contributed by atoms with Gasteiger partial charge in [0.25, 0.3) is 5.91 Å². The van der Waals surface area contributed by atoms with Crippen molar-refractivity contribution < 1.29 is 18.8 Å². The summed E-state index contributed by atoms with van der Waals surface area (Å²) in [7, 11) is 0. The number of para-hydroxylation sites is 1. The van der Waals surface area contributed by atoms with Crippen LogP contribution in [0.15, 0.2) is 82.6 Å². The fourth-order valence-corrected chi connectivity index (χ4v) is 6.88. The van der Waals surface area contributed by atoms with Crippen LogP contribution in [0, 0.1) is 12.3 Å². The normalized spacial score (nSPS) is 17.1. The first-order chi connectivity index (χ1) is 21.2. The second-order valence-corrected chi connectivity index (χ2v) is 12.2. The number of nitrogens with zero attached hydrogens (tertiary/aromatic N) is 1. The predicted molar refractivity (Wildman–Crippen MR) is 172 cm³/mol. The number of hydrogen-bond acceptors (Lipinski definition) is 6. The highest BCUT2D eigenvalue weighted by Gasteiger charge is 2.40. The van der Waals surface area contributed by atoms with Crippen molar-refractivity contribution in [2.24, 2.45) is 5.73 Å². The predicted octanol–water partition coefficient (Wildman–Crippen LogP) is 5.23. The first kappa shape index (κ1) is 29.1. The molecule has 1 unspecified atom stereocenters. The fraction of sp³-hybridized carbons (Fsp3) is 0.235. The second-order valence-electron chi connectivity index (χ2n) is 11.2. The van der Waals surface area contributed by atoms with Crippen molar-refractivity contribution in [1.29, 1.82) is 5.41 Å². The van der Waals surface area contributed by atoms with E-state index in [1.807, 2.05) is 62.4 Å². The number of nitrogen functional groups attached to an aromatic ring is 1. The number of rotatable bonds is 8. The summed E-state index contributed by atoms with van der Waals surface area (Å²) < 4.78 is 5.86. The van der Waals surface area contributed by atoms with Gasteiger partial charge in [-0.3, -0.25) is 19.8 Å². The largest absolute Gasteiger partial charge is 0.456 e. The quantitative estimate of drug-likeness (QED) is 0.141. The smallest absolute Gasteiger partial charge is 0.251 e. The Balaban J connectivity index is 1.18. The van der Waals surface area contributed by atoms with E-state index >= 15 is 0 Å². The van der Waals surface area contributed by atoms with Crippen molar-refractivity contribution in [2.75, 3.05) is 13.1 Å². The third-order valence-electron chi connectivity index (χ3n) is 8.31. The minimum absolute atomic E-state index is 0.0234. The third kappa shape index (κ3) is 5.68. The molecule has 9 nitrogen and oxygen atoms in total. The molecule has 0 radical (unpaired) electrons. The molecule has 5 N–H and O–H groups in total. The Morgan fingerprint density at radius 3 is 2.55 bits per heavy atom. The number of thiophene rings is 1. The summed E-state index contributed by atoms with van der Waals surface area (Å²) in [5.74, 6) is -1.02. The summed E-state index contributed by atoms with van der Waals surface area (Å²) in [5, 5.41) is 17.0. The number of hydrogen-bond donors (Lipinski definition) is 4. The van der Waals surface area contributed by atoms with Gasteiger partial charge < -0.3 is 25.7 Å². The number of furan rings is 1. The Labute approximate surface area is 258 Å². The van der Waals surface area contributed by atoms with E-state index in [2.05, 4.69) is 10.6 Å². The van der Waals surface area contributed by atoms with Crippen molar-refractivity contribution >= 4 is 56.8 Å². The van der Waals surface area contributed by atoms with E-state index in [-0.39, 0.29) is 42.1 Å². The Kier molecular flexibility index (Phi) is 7.92. The summed E-state index contributed by atoms with van der Waals surface area (Å²) in [4.78, 5) is 42.9. The van der Waals surface area contributed by atoms with Crippen LogP contribution in [-0.2, 0) is 9.59 Å². The molecule has 0 spiro atoms. The fourth-order valence-electron chi connectivity index (χ4n) is 5.96. The van der Waals surface area contributed by atoms with Crippen LogP contribution in [0.1, 0.15) is 57.2 Å². The first-order valence-electron chi connectivity index (χ1n) is 14.5. The minimum atomic E-state index is -0.702. The molecule has 0 aliphatic carbocycles. The molecule has 1 fully saturated rings. The Morgan fingerprint density at radius 2 is 1.77 bits per heavy atom. The van der Waals surface area contributed by atoms with Crippen LogP contribution >= 0.6 is 11.3 Å². The van der Waals surface area contributed by atoms with Crippen molar-refractivity contribution in [3.05, 3.63) is 105 Å². The second kappa shape index (κ2) is 12.0. The number of aryl methyl sites for hydroxylation is 1. The Hall–Kier alpha value is -4.96. The topological polar surface area (TPSA) is 142 Å². The molecule has 0 saturated carbocycles. The molecule has 1 aliphatic heterocycles. The molecule has 2 aromatic heterocycles. The highest BCUT2D eigenvalue weighted by molar-refractivity contribution is 7.10. The average Bonchev–Trinajstić information content (AvgIpc) is 3.77. The van der Waals surface area contributed by atoms with E-state index in [9.17, 15) is 14.4 Å². The van der Waals surface area contributed by atoms with E-state index in [0.717, 1.165) is 32.4 Å². The molecule has 6 rings (SSSR count). The highest BCUT2D eigenvalue weighted by atomic mass is 32.1. The van der Waals surface area contributed by atoms with Gasteiger partial charge in [0.2, 0.25) is 11.8 Å². The van der Waals surface area contributed by atoms with Crippen molar-refractivity contribution in [3.63, 3.8) is 0 Å². The maximum absolute atomic E-state index is 13.6. The molecule has 5 aromatic rings. The Morgan fingerprint density at radius 1 is 1.02 bits per heavy atom. The lowest BCUT2D eigenvalue weighted by atomic mass is 9.92. The van der Waals surface area contributed by atoms with Crippen LogP contribution in [-0.4, -0.2) is 47.6 Å². The van der Waals surface area contributed by atoms with Crippen LogP contribution < -0.4 is 16.4 Å². The lowest BCUT2D eigenvalue weighted by molar-refractivity contribution is -0.137. The van der Waals surface area contributed by atoms with Gasteiger partial charge in [-0.05, 0) is 61.7 Å². The van der Waals surface area contributed by atoms with Gasteiger partial charge in [-0.1, -0.05) is 42.5 Å². The number of carbonyl (C=O) groups excluding carboxylic acids is 3. The monoisotopic (exact) mass is 607 g/mol. The summed E-state index contributed by atoms with van der Waals surface area (Å²) in [6.07, 6.45) is 0.469. The van der Waals surface area contributed by atoms with Gasteiger partial charge in [0, 0.05) is 44.6 Å². The zero-order valence-electron chi connectivity index (χ0n) is 24.4. The van der Waals surface area contributed by atoms with Crippen molar-refractivity contribution in [1.82, 2.24) is 15.5 Å². The summed E-state index contributed by atoms with van der Waals surface area (Å²) in [6.45, 7) is 4.02. The maximum Gasteiger partial charge on any atom is 0.251 e. The molecule has 44 heavy (non-hydrogen) atoms. The number of benzene rings is 3. The van der Waals surface area contributed by atoms with Crippen LogP contribution in [0.25, 0.3) is 21.9 Å². The van der Waals surface area contributed by atoms with E-state index in [1.54, 1.807) is 34.5 Å². The number of likely N-dealkylation sites (tertiary alicyclic amines) is 1. The van der Waals surface area contributed by atoms with Gasteiger partial charge in [-0.2, -0.15) is 0 Å². The first-order valence-corrected chi connectivity index (χ1v) is 15.3. The standard InChI is InChI=1S/C34H33N5O4S/c1-19-7-3-4-8-24(19)22-14-27(34(42)38-20(2)30-15-23(18-44-30)32(35)36)39(17-22)31(40)16-37-33(41)21-11-12-29-26(13-21)25-9-5-6-10-28(25)43-29/h3-13,15,18,20,22,27H,14,16-17H2,1-2H3,(H3,35,36)(H,37,41)(H,38,42)/t20?,22-,27-/m0/s1. The molecule has 224 valence electrons. The molecule has 3 aromatic carbocycles. The molecule has 3 heterocycles. The van der Waals surface area contributed by atoms with Gasteiger partial charge in [-0.25, -0.2) is 0 Å². The molecule has 10 heteroatoms. The molecule has 1 aliphatic rings. The molecule has 3 amide bonds. The number of amides is 3. The third-order valence-corrected chi connectivity index (χ3v) is 9.42. The maximum atomic E-state index is 13.6. The number of amidine groups is 1. The summed E-state index contributed by atoms with van der Waals surface area (Å²) in [5.41, 5.74) is 10.3. The molecular weight excluding hydrogens is 574 g/mol. The number of carbonyl (C=O) groups is 3. The van der Waals surface area contributed by atoms with E-state index in [4.69, 9.17) is 15.6 Å². The van der Waals surface area contributed by atoms with Gasteiger partial charge in [0.05, 0.1) is 12.6 Å². The van der Waals surface area contributed by atoms with E-state index in [1.165, 1.54) is 11.3 Å². The van der Waals surface area contributed by atoms with Crippen LogP contribution in [0.3, 0.4) is 0 Å². The SMILES string of the molecule is Cc1ccccc1[C@H]1C[C@@H](C(=O)NC(C)c2cc(C(=N)N)cs2)N(C(=O)CNC(=O)c2ccc3oc4ccccc4c3c2)C1. The van der Waals surface area contributed by atoms with E-state index < -0.39 is 6.04 Å². The van der Waals surface area contributed by atoms with Crippen molar-refractivity contribution in [2.45, 2.75) is 38.3 Å². The van der Waals surface area contributed by atoms with Gasteiger partial charge in [-0.15, -0.1) is 11.3 Å². The zero-order chi connectivity index (χ0) is 31.0. The number of nitrogens with two attached hydrogens (primary N) is 1. The van der Waals surface area contributed by atoms with Crippen molar-refractivity contribution in [3.8, 4) is 0 Å². The average molecular weight is 608 g/mol. The van der Waals surface area contributed by atoms with Crippen LogP contribution in [0.4, 0.5) is 0 Å². The van der Waals surface area contributed by atoms with Gasteiger partial charge >= 0.3 is 0 Å². The highest BCUT2D eigenvalue weighted by Crippen LogP contribution is 2.34. The van der Waals surface area contributed by atoms with Crippen LogP contribution in [0.5, 0.6) is 0 Å². The molecule has 0 bridgehead atoms. The van der Waals surface area contributed by atoms with Crippen LogP contribution in [0.2, 0.25) is 0 Å². The molecular formula is C34H33N5O4S. The lowest BCUT2D eigenvalue weighted by Gasteiger charge is -2.25. The summed E-state index contributed by atoms with van der Waals surface area (Å²) in [6, 6.07) is 21.6. The molecule has 3 atom stereocenters. The van der Waals surface area contributed by atoms with E-state index in [0.29, 0.717) is 29.7 Å². The lowest BCUT2D eigenvalue weighted by Crippen LogP contribution is -2.49. The number of fused-ring (bicyclic) bond motifs is 3. The van der Waals surface area contributed by atoms with Gasteiger partial charge in [0.1, 0.15) is 23.0 Å². The minimum Gasteiger partial charge on any atom is -0.456 e.